The Labute approximate surface area is 319 Å². The van der Waals surface area contributed by atoms with Gasteiger partial charge in [-0.2, -0.15) is 0 Å². The van der Waals surface area contributed by atoms with E-state index in [1.807, 2.05) is 29.7 Å². The number of alkyl carbamates (subject to hydrolysis) is 1. The molecule has 300 valence electrons. The van der Waals surface area contributed by atoms with Crippen molar-refractivity contribution in [2.75, 3.05) is 6.54 Å². The van der Waals surface area contributed by atoms with Crippen LogP contribution in [0, 0.1) is 5.92 Å². The third-order valence-corrected chi connectivity index (χ3v) is 8.78. The van der Waals surface area contributed by atoms with Gasteiger partial charge in [0.2, 0.25) is 11.8 Å². The fourth-order valence-electron chi connectivity index (χ4n) is 5.74. The summed E-state index contributed by atoms with van der Waals surface area (Å²) in [6.45, 7) is 3.29. The van der Waals surface area contributed by atoms with E-state index in [4.69, 9.17) is 9.47 Å². The first-order chi connectivity index (χ1) is 26.5. The zero-order valence-corrected chi connectivity index (χ0v) is 30.3. The first kappa shape index (κ1) is 42.2. The summed E-state index contributed by atoms with van der Waals surface area (Å²) in [7, 11) is 0. The molecule has 2 aromatic carbocycles. The van der Waals surface area contributed by atoms with Crippen molar-refractivity contribution in [3.8, 4) is 0 Å². The summed E-state index contributed by atoms with van der Waals surface area (Å²) >= 11 is 0. The van der Waals surface area contributed by atoms with Crippen molar-refractivity contribution < 1.29 is 67.9 Å². The molecule has 4 rings (SSSR count). The molecule has 20 heteroatoms. The van der Waals surface area contributed by atoms with Gasteiger partial charge in [-0.05, 0) is 35.4 Å². The zero-order chi connectivity index (χ0) is 41.1. The topological polar surface area (TPSA) is 291 Å². The van der Waals surface area contributed by atoms with Crippen LogP contribution >= 0.6 is 0 Å². The minimum Gasteiger partial charge on any atom is -0.481 e. The monoisotopic (exact) mass is 782 g/mol. The summed E-state index contributed by atoms with van der Waals surface area (Å²) in [4.78, 5) is 115. The van der Waals surface area contributed by atoms with E-state index in [2.05, 4.69) is 16.0 Å². The predicted octanol–water partition coefficient (Wildman–Crippen LogP) is 0.137. The van der Waals surface area contributed by atoms with Gasteiger partial charge in [0.25, 0.3) is 17.7 Å². The van der Waals surface area contributed by atoms with Crippen LogP contribution in [0.5, 0.6) is 0 Å². The lowest BCUT2D eigenvalue weighted by molar-refractivity contribution is -0.142. The van der Waals surface area contributed by atoms with Crippen LogP contribution in [0.1, 0.15) is 49.8 Å². The zero-order valence-electron chi connectivity index (χ0n) is 30.3. The Bertz CT molecular complexity index is 1840. The number of carboxylic acid groups (broad SMARTS) is 3. The number of rotatable bonds is 16. The normalized spacial score (nSPS) is 17.2. The van der Waals surface area contributed by atoms with Crippen LogP contribution < -0.4 is 21.4 Å². The summed E-state index contributed by atoms with van der Waals surface area (Å²) < 4.78 is 10.3. The lowest BCUT2D eigenvalue weighted by atomic mass is 9.99. The molecule has 7 N–H and O–H groups in total. The maximum Gasteiger partial charge on any atom is 0.433 e. The third kappa shape index (κ3) is 11.7. The number of epoxide rings is 1. The summed E-state index contributed by atoms with van der Waals surface area (Å²) in [5.41, 5.74) is 4.48. The highest BCUT2D eigenvalue weighted by Gasteiger charge is 2.55. The van der Waals surface area contributed by atoms with E-state index in [1.165, 1.54) is 18.7 Å². The Kier molecular flexibility index (Phi) is 14.4. The molecule has 1 saturated heterocycles. The Morgan fingerprint density at radius 1 is 0.804 bits per heavy atom. The van der Waals surface area contributed by atoms with E-state index in [-0.39, 0.29) is 18.2 Å². The minimum atomic E-state index is -1.93. The predicted molar refractivity (Wildman–Crippen MR) is 189 cm³/mol. The van der Waals surface area contributed by atoms with Gasteiger partial charge in [0.1, 0.15) is 24.7 Å². The maximum atomic E-state index is 13.5. The fraction of sp³-hybridized carbons (Fsp3) is 0.417. The molecule has 20 nitrogen and oxygen atoms in total. The molecule has 2 heterocycles. The summed E-state index contributed by atoms with van der Waals surface area (Å²) in [5.74, 6) is -9.06. The standard InChI is InChI=1S/C36H42N6O14/c1-19(2)27(32(49)40-42(36(53)54)34(51)29-28(56-29)33(50)41-15-14-21-10-6-7-11-22(21)17-41)39-30(47)23(12-13-25(43)44)37-31(48)24(16-26(45)46)38-35(52)55-18-20-8-4-3-5-9-20/h3-11,19,23-24,27-29H,12-18H2,1-2H3,(H,37,48)(H,38,52)(H,39,47)(H,40,49)(H,43,44)(H,45,46)(H,53,54)/t23-,24-,27-,28?,29?/m0/s1. The van der Waals surface area contributed by atoms with Gasteiger partial charge in [0.05, 0.1) is 6.42 Å². The number of fused-ring (bicyclic) bond motifs is 1. The molecule has 0 spiro atoms. The number of nitrogens with one attached hydrogen (secondary N) is 4. The smallest absolute Gasteiger partial charge is 0.433 e. The number of hydrazine groups is 1. The van der Waals surface area contributed by atoms with E-state index in [0.29, 0.717) is 18.5 Å². The van der Waals surface area contributed by atoms with Crippen molar-refractivity contribution in [1.82, 2.24) is 31.3 Å². The molecule has 0 bridgehead atoms. The number of hydrogen-bond donors (Lipinski definition) is 7. The average molecular weight is 783 g/mol. The first-order valence-corrected chi connectivity index (χ1v) is 17.5. The number of aliphatic carboxylic acids is 2. The largest absolute Gasteiger partial charge is 0.481 e. The molecule has 56 heavy (non-hydrogen) atoms. The van der Waals surface area contributed by atoms with E-state index < -0.39 is 109 Å². The Balaban J connectivity index is 1.39. The van der Waals surface area contributed by atoms with Gasteiger partial charge in [-0.3, -0.25) is 39.0 Å². The van der Waals surface area contributed by atoms with Gasteiger partial charge in [-0.25, -0.2) is 9.59 Å². The molecule has 1 fully saturated rings. The molecule has 5 atom stereocenters. The summed E-state index contributed by atoms with van der Waals surface area (Å²) in [6, 6.07) is 10.8. The number of carbonyl (C=O) groups is 9. The number of benzene rings is 2. The summed E-state index contributed by atoms with van der Waals surface area (Å²) in [5, 5.41) is 35.0. The van der Waals surface area contributed by atoms with E-state index in [0.717, 1.165) is 11.1 Å². The second kappa shape index (κ2) is 19.1. The number of nitrogens with zero attached hydrogens (tertiary/aromatic N) is 2. The quantitative estimate of drug-likeness (QED) is 0.0881. The van der Waals surface area contributed by atoms with Gasteiger partial charge >= 0.3 is 24.1 Å². The maximum absolute atomic E-state index is 13.5. The highest BCUT2D eigenvalue weighted by atomic mass is 16.6. The van der Waals surface area contributed by atoms with Crippen LogP contribution in [0.4, 0.5) is 9.59 Å². The van der Waals surface area contributed by atoms with Crippen molar-refractivity contribution >= 4 is 53.7 Å². The van der Waals surface area contributed by atoms with Crippen LogP contribution in [0.2, 0.25) is 0 Å². The molecular weight excluding hydrogens is 740 g/mol. The molecule has 0 aromatic heterocycles. The third-order valence-electron chi connectivity index (χ3n) is 8.78. The average Bonchev–Trinajstić information content (AvgIpc) is 3.96. The molecular formula is C36H42N6O14. The number of hydrogen-bond acceptors (Lipinski definition) is 11. The van der Waals surface area contributed by atoms with E-state index in [9.17, 15) is 58.5 Å². The molecule has 2 aliphatic rings. The number of carbonyl (C=O) groups excluding carboxylic acids is 6. The van der Waals surface area contributed by atoms with Crippen LogP contribution in [-0.4, -0.2) is 116 Å². The van der Waals surface area contributed by atoms with Gasteiger partial charge in [0.15, 0.2) is 12.2 Å². The Hall–Kier alpha value is -6.57. The molecule has 0 saturated carbocycles. The molecule has 2 unspecified atom stereocenters. The van der Waals surface area contributed by atoms with Crippen LogP contribution in [0.15, 0.2) is 54.6 Å². The number of carboxylic acids is 2. The second-order valence-corrected chi connectivity index (χ2v) is 13.3. The Morgan fingerprint density at radius 3 is 2.07 bits per heavy atom. The number of amides is 7. The van der Waals surface area contributed by atoms with Gasteiger partial charge in [-0.15, -0.1) is 5.01 Å². The van der Waals surface area contributed by atoms with Crippen molar-refractivity contribution in [2.45, 2.75) is 83.0 Å². The first-order valence-electron chi connectivity index (χ1n) is 17.5. The fourth-order valence-corrected chi connectivity index (χ4v) is 5.74. The number of imide groups is 1. The van der Waals surface area contributed by atoms with Gasteiger partial charge in [0, 0.05) is 19.5 Å². The molecule has 2 aliphatic heterocycles. The molecule has 2 aromatic rings. The number of ether oxygens (including phenoxy) is 2. The van der Waals surface area contributed by atoms with E-state index >= 15 is 0 Å². The summed E-state index contributed by atoms with van der Waals surface area (Å²) in [6.07, 6.45) is -7.56. The second-order valence-electron chi connectivity index (χ2n) is 13.3. The van der Waals surface area contributed by atoms with E-state index in [1.54, 1.807) is 30.3 Å². The highest BCUT2D eigenvalue weighted by Crippen LogP contribution is 2.29. The molecule has 7 amide bonds. The highest BCUT2D eigenvalue weighted by molar-refractivity contribution is 6.02. The van der Waals surface area contributed by atoms with Crippen molar-refractivity contribution in [3.05, 3.63) is 71.3 Å². The van der Waals surface area contributed by atoms with Crippen LogP contribution in [0.25, 0.3) is 0 Å². The van der Waals surface area contributed by atoms with Gasteiger partial charge in [-0.1, -0.05) is 68.4 Å². The van der Waals surface area contributed by atoms with Crippen LogP contribution in [0.3, 0.4) is 0 Å². The molecule has 0 radical (unpaired) electrons. The van der Waals surface area contributed by atoms with Crippen LogP contribution in [-0.2, 0) is 62.6 Å². The lowest BCUT2D eigenvalue weighted by Gasteiger charge is -2.28. The minimum absolute atomic E-state index is 0.0734. The lowest BCUT2D eigenvalue weighted by Crippen LogP contribution is -2.61. The van der Waals surface area contributed by atoms with Crippen molar-refractivity contribution in [1.29, 1.82) is 0 Å². The molecule has 0 aliphatic carbocycles. The van der Waals surface area contributed by atoms with Crippen molar-refractivity contribution in [3.63, 3.8) is 0 Å². The SMILES string of the molecule is CC(C)[C@H](NC(=O)[C@H](CCC(=O)O)NC(=O)[C@H](CC(=O)O)NC(=O)OCc1ccccc1)C(=O)NN(C(=O)O)C(=O)C1OC1C(=O)N1CCc2ccccc2C1. The van der Waals surface area contributed by atoms with Gasteiger partial charge < -0.3 is 45.6 Å². The van der Waals surface area contributed by atoms with Crippen molar-refractivity contribution in [2.24, 2.45) is 5.92 Å². The Morgan fingerprint density at radius 2 is 1.45 bits per heavy atom.